The Labute approximate surface area is 146 Å². The number of hydrogen-bond acceptors (Lipinski definition) is 3. The summed E-state index contributed by atoms with van der Waals surface area (Å²) >= 11 is 0. The van der Waals surface area contributed by atoms with Gasteiger partial charge in [-0.15, -0.1) is 0 Å². The first kappa shape index (κ1) is 17.0. The van der Waals surface area contributed by atoms with Gasteiger partial charge in [-0.3, -0.25) is 0 Å². The van der Waals surface area contributed by atoms with Crippen LogP contribution in [0.5, 0.6) is 0 Å². The number of para-hydroxylation sites is 3. The zero-order valence-electron chi connectivity index (χ0n) is 13.4. The molecule has 3 aromatic carbocycles. The van der Waals surface area contributed by atoms with Crippen molar-refractivity contribution >= 4 is 30.2 Å². The number of benzene rings is 3. The van der Waals surface area contributed by atoms with E-state index in [2.05, 4.69) is 15.4 Å². The molecule has 0 aliphatic rings. The lowest BCUT2D eigenvalue weighted by atomic mass is 10.3. The van der Waals surface area contributed by atoms with Gasteiger partial charge in [-0.25, -0.2) is 4.99 Å². The van der Waals surface area contributed by atoms with Crippen molar-refractivity contribution in [1.82, 2.24) is 0 Å². The van der Waals surface area contributed by atoms with E-state index in [9.17, 15) is 9.46 Å². The van der Waals surface area contributed by atoms with E-state index >= 15 is 0 Å². The minimum atomic E-state index is -4.22. The normalized spacial score (nSPS) is 13.7. The first-order valence-corrected chi connectivity index (χ1v) is 9.37. The fraction of sp³-hybridized carbons (Fsp3) is 0. The van der Waals surface area contributed by atoms with E-state index in [4.69, 9.17) is 0 Å². The molecule has 0 aliphatic heterocycles. The average molecular weight is 350 g/mol. The predicted molar refractivity (Wildman–Crippen MR) is 101 cm³/mol. The van der Waals surface area contributed by atoms with E-state index in [1.165, 1.54) is 0 Å². The van der Waals surface area contributed by atoms with Crippen LogP contribution in [0.25, 0.3) is 0 Å². The van der Waals surface area contributed by atoms with Gasteiger partial charge in [-0.1, -0.05) is 54.6 Å². The Hall–Kier alpha value is -2.88. The minimum absolute atomic E-state index is 0.145. The number of rotatable bonds is 5. The first-order valence-electron chi connectivity index (χ1n) is 7.74. The van der Waals surface area contributed by atoms with E-state index in [0.29, 0.717) is 17.1 Å². The van der Waals surface area contributed by atoms with Crippen molar-refractivity contribution in [2.24, 2.45) is 4.99 Å². The molecule has 0 saturated carbocycles. The van der Waals surface area contributed by atoms with Crippen LogP contribution in [0.1, 0.15) is 0 Å². The van der Waals surface area contributed by atoms with Crippen molar-refractivity contribution in [2.75, 3.05) is 10.4 Å². The molecule has 2 N–H and O–H groups in total. The average Bonchev–Trinajstić information content (AvgIpc) is 2.63. The molecule has 0 fully saturated rings. The molecular weight excluding hydrogens is 333 g/mol. The second-order valence-corrected chi connectivity index (χ2v) is 7.04. The van der Waals surface area contributed by atoms with E-state index in [-0.39, 0.29) is 5.58 Å². The molecule has 6 heteroatoms. The molecule has 0 amide bonds. The van der Waals surface area contributed by atoms with Gasteiger partial charge in [0, 0.05) is 11.4 Å². The van der Waals surface area contributed by atoms with Crippen molar-refractivity contribution in [3.05, 3.63) is 91.0 Å². The molecule has 1 unspecified atom stereocenters. The molecule has 3 aromatic rings. The summed E-state index contributed by atoms with van der Waals surface area (Å²) < 4.78 is 12.8. The quantitative estimate of drug-likeness (QED) is 0.405. The van der Waals surface area contributed by atoms with Gasteiger partial charge >= 0.3 is 0 Å². The van der Waals surface area contributed by atoms with Crippen molar-refractivity contribution in [2.45, 2.75) is 0 Å². The highest BCUT2D eigenvalue weighted by molar-refractivity contribution is 7.76. The Kier molecular flexibility index (Phi) is 5.29. The van der Waals surface area contributed by atoms with Crippen LogP contribution in [0.15, 0.2) is 96.0 Å². The summed E-state index contributed by atoms with van der Waals surface area (Å²) in [7, 11) is -4.22. The highest BCUT2D eigenvalue weighted by Crippen LogP contribution is 2.39. The van der Waals surface area contributed by atoms with Crippen molar-refractivity contribution in [1.29, 1.82) is 0 Å². The van der Waals surface area contributed by atoms with Crippen molar-refractivity contribution in [3.8, 4) is 0 Å². The third kappa shape index (κ3) is 4.80. The van der Waals surface area contributed by atoms with Gasteiger partial charge in [0.15, 0.2) is 13.1 Å². The summed E-state index contributed by atoms with van der Waals surface area (Å²) in [6.07, 6.45) is 0. The fourth-order valence-corrected chi connectivity index (χ4v) is 3.30. The van der Waals surface area contributed by atoms with Crippen LogP contribution in [0, 0.1) is 0 Å². The lowest BCUT2D eigenvalue weighted by Crippen LogP contribution is -2.24. The predicted octanol–water partition coefficient (Wildman–Crippen LogP) is 4.45. The smallest absolute Gasteiger partial charge is 0.174 e. The number of hydrogen-bond donors (Lipinski definition) is 2. The molecule has 0 aliphatic carbocycles. The van der Waals surface area contributed by atoms with E-state index in [1.807, 2.05) is 30.3 Å². The third-order valence-electron chi connectivity index (χ3n) is 3.35. The first-order chi connectivity index (χ1) is 12.1. The van der Waals surface area contributed by atoms with Crippen LogP contribution >= 0.6 is 7.52 Å². The van der Waals surface area contributed by atoms with Gasteiger partial charge in [-0.2, -0.15) is 0 Å². The monoisotopic (exact) mass is 350 g/mol. The second-order valence-electron chi connectivity index (χ2n) is 5.29. The molecule has 5 nitrogen and oxygen atoms in total. The molecule has 3 rings (SSSR count). The van der Waals surface area contributed by atoms with Gasteiger partial charge < -0.3 is 19.9 Å². The summed E-state index contributed by atoms with van der Waals surface area (Å²) in [4.78, 5) is 17.1. The van der Waals surface area contributed by atoms with Crippen LogP contribution in [0.3, 0.4) is 0 Å². The Morgan fingerprint density at radius 2 is 1.24 bits per heavy atom. The molecule has 0 saturated heterocycles. The summed E-state index contributed by atoms with van der Waals surface area (Å²) in [5.74, 6) is 0. The van der Waals surface area contributed by atoms with Gasteiger partial charge in [0.1, 0.15) is 0 Å². The Morgan fingerprint density at radius 1 is 0.760 bits per heavy atom. The maximum absolute atomic E-state index is 12.8. The Morgan fingerprint density at radius 3 is 1.80 bits per heavy atom. The fourth-order valence-electron chi connectivity index (χ4n) is 2.18. The highest BCUT2D eigenvalue weighted by atomic mass is 31.2. The molecular formula is C19H17N3O2P-. The van der Waals surface area contributed by atoms with Crippen molar-refractivity contribution in [3.63, 3.8) is 0 Å². The highest BCUT2D eigenvalue weighted by Gasteiger charge is 2.17. The van der Waals surface area contributed by atoms with Crippen LogP contribution < -0.4 is 15.3 Å². The summed E-state index contributed by atoms with van der Waals surface area (Å²) in [6, 6.07) is 26.7. The number of amidine groups is 1. The van der Waals surface area contributed by atoms with Crippen LogP contribution in [-0.4, -0.2) is 5.58 Å². The van der Waals surface area contributed by atoms with Gasteiger partial charge in [0.05, 0.1) is 5.69 Å². The van der Waals surface area contributed by atoms with E-state index in [1.54, 1.807) is 60.7 Å². The largest absolute Gasteiger partial charge is 0.778 e. The lowest BCUT2D eigenvalue weighted by molar-refractivity contribution is -0.168. The Balaban J connectivity index is 1.95. The van der Waals surface area contributed by atoms with Gasteiger partial charge in [-0.05, 0) is 36.4 Å². The zero-order chi connectivity index (χ0) is 17.5. The van der Waals surface area contributed by atoms with Gasteiger partial charge in [0.25, 0.3) is 0 Å². The van der Waals surface area contributed by atoms with E-state index in [0.717, 1.165) is 0 Å². The number of nitrogens with zero attached hydrogens (tertiary/aromatic N) is 1. The maximum atomic E-state index is 12.8. The SMILES string of the molecule is O=P([O-])(Nc1ccccc1)C(=Nc1ccccc1)Nc1ccccc1. The molecule has 0 bridgehead atoms. The second kappa shape index (κ2) is 7.79. The molecule has 0 heterocycles. The standard InChI is InChI=1S/C19H18N3O2P/c23-25(24,22-18-14-8-3-9-15-18)19(20-16-10-4-1-5-11-16)21-17-12-6-2-7-13-17/h1-15H,(H,20,21)(H2,22,23,24)/p-1. The third-order valence-corrected chi connectivity index (χ3v) is 4.67. The molecule has 25 heavy (non-hydrogen) atoms. The maximum Gasteiger partial charge on any atom is 0.174 e. The minimum Gasteiger partial charge on any atom is -0.778 e. The molecule has 0 radical (unpaired) electrons. The van der Waals surface area contributed by atoms with Crippen molar-refractivity contribution < 1.29 is 9.46 Å². The Bertz CT molecular complexity index is 884. The number of aliphatic imine (C=N–C) groups is 1. The number of nitrogens with one attached hydrogen (secondary N) is 2. The molecule has 0 spiro atoms. The summed E-state index contributed by atoms with van der Waals surface area (Å²) in [6.45, 7) is 0. The molecule has 0 aromatic heterocycles. The topological polar surface area (TPSA) is 76.5 Å². The summed E-state index contributed by atoms with van der Waals surface area (Å²) in [5, 5.41) is 5.47. The molecule has 1 atom stereocenters. The van der Waals surface area contributed by atoms with Gasteiger partial charge in [0.2, 0.25) is 0 Å². The van der Waals surface area contributed by atoms with E-state index < -0.39 is 7.52 Å². The number of anilines is 2. The zero-order valence-corrected chi connectivity index (χ0v) is 14.3. The lowest BCUT2D eigenvalue weighted by Gasteiger charge is -2.27. The molecule has 126 valence electrons. The van der Waals surface area contributed by atoms with Crippen LogP contribution in [-0.2, 0) is 4.57 Å². The van der Waals surface area contributed by atoms with Crippen LogP contribution in [0.2, 0.25) is 0 Å². The summed E-state index contributed by atoms with van der Waals surface area (Å²) in [5.41, 5.74) is 1.53. The van der Waals surface area contributed by atoms with Crippen LogP contribution in [0.4, 0.5) is 17.1 Å².